The third-order valence-corrected chi connectivity index (χ3v) is 3.62. The summed E-state index contributed by atoms with van der Waals surface area (Å²) in [5.74, 6) is 3.02. The zero-order chi connectivity index (χ0) is 12.7. The predicted octanol–water partition coefficient (Wildman–Crippen LogP) is 0.685. The van der Waals surface area contributed by atoms with E-state index < -0.39 is 0 Å². The Balaban J connectivity index is 2.15. The highest BCUT2D eigenvalue weighted by Gasteiger charge is 2.09. The molecule has 1 unspecified atom stereocenters. The second-order valence-electron chi connectivity index (χ2n) is 3.93. The first-order chi connectivity index (χ1) is 8.13. The second-order valence-corrected chi connectivity index (χ2v) is 5.08. The Hall–Kier alpha value is -1.11. The van der Waals surface area contributed by atoms with E-state index in [-0.39, 0.29) is 5.97 Å². The summed E-state index contributed by atoms with van der Waals surface area (Å²) in [6.45, 7) is 2.15. The van der Waals surface area contributed by atoms with Crippen LogP contribution in [-0.4, -0.2) is 44.8 Å². The van der Waals surface area contributed by atoms with Crippen LogP contribution in [-0.2, 0) is 23.0 Å². The molecule has 0 aliphatic carbocycles. The smallest absolute Gasteiger partial charge is 0.306 e. The molecule has 0 spiro atoms. The van der Waals surface area contributed by atoms with Crippen molar-refractivity contribution in [2.75, 3.05) is 18.6 Å². The summed E-state index contributed by atoms with van der Waals surface area (Å²) in [7, 11) is 3.25. The van der Waals surface area contributed by atoms with Gasteiger partial charge in [0.05, 0.1) is 13.5 Å². The molecular formula is C10H18N4O2S. The molecule has 0 amide bonds. The van der Waals surface area contributed by atoms with E-state index in [0.29, 0.717) is 12.3 Å². The number of tetrazole rings is 1. The number of nitrogens with zero attached hydrogens (tertiary/aromatic N) is 4. The number of hydrogen-bond acceptors (Lipinski definition) is 6. The molecule has 96 valence electrons. The minimum Gasteiger partial charge on any atom is -0.469 e. The van der Waals surface area contributed by atoms with Gasteiger partial charge in [-0.2, -0.15) is 11.8 Å². The highest BCUT2D eigenvalue weighted by Crippen LogP contribution is 2.13. The van der Waals surface area contributed by atoms with E-state index in [0.717, 1.165) is 23.8 Å². The molecule has 1 atom stereocenters. The number of thioether (sulfide) groups is 1. The molecule has 1 heterocycles. The van der Waals surface area contributed by atoms with Gasteiger partial charge in [0.15, 0.2) is 5.82 Å². The monoisotopic (exact) mass is 258 g/mol. The van der Waals surface area contributed by atoms with Gasteiger partial charge in [-0.15, -0.1) is 5.10 Å². The summed E-state index contributed by atoms with van der Waals surface area (Å²) in [5, 5.41) is 11.3. The third kappa shape index (κ3) is 5.16. The molecule has 0 N–H and O–H groups in total. The standard InChI is InChI=1S/C10H18N4O2S/c1-8(6-9-11-12-13-14(9)2)7-17-5-4-10(15)16-3/h8H,4-7H2,1-3H3. The van der Waals surface area contributed by atoms with Crippen LogP contribution in [0.2, 0.25) is 0 Å². The summed E-state index contributed by atoms with van der Waals surface area (Å²) in [6.07, 6.45) is 1.33. The van der Waals surface area contributed by atoms with E-state index >= 15 is 0 Å². The normalized spacial score (nSPS) is 12.4. The highest BCUT2D eigenvalue weighted by atomic mass is 32.2. The number of rotatable bonds is 7. The van der Waals surface area contributed by atoms with Crippen molar-refractivity contribution in [2.45, 2.75) is 19.8 Å². The zero-order valence-electron chi connectivity index (χ0n) is 10.4. The Bertz CT molecular complexity index is 356. The Morgan fingerprint density at radius 2 is 2.35 bits per heavy atom. The molecule has 0 saturated carbocycles. The van der Waals surface area contributed by atoms with Crippen LogP contribution in [0.25, 0.3) is 0 Å². The van der Waals surface area contributed by atoms with Gasteiger partial charge in [0, 0.05) is 19.2 Å². The van der Waals surface area contributed by atoms with Gasteiger partial charge in [-0.05, 0) is 22.1 Å². The fourth-order valence-electron chi connectivity index (χ4n) is 1.33. The van der Waals surface area contributed by atoms with Crippen molar-refractivity contribution in [3.05, 3.63) is 5.82 Å². The Morgan fingerprint density at radius 1 is 1.59 bits per heavy atom. The number of carbonyl (C=O) groups excluding carboxylic acids is 1. The Kier molecular flexibility index (Phi) is 5.96. The number of aromatic nitrogens is 4. The van der Waals surface area contributed by atoms with Crippen molar-refractivity contribution in [3.63, 3.8) is 0 Å². The van der Waals surface area contributed by atoms with Gasteiger partial charge >= 0.3 is 5.97 Å². The van der Waals surface area contributed by atoms with E-state index in [2.05, 4.69) is 27.2 Å². The van der Waals surface area contributed by atoms with E-state index in [1.807, 2.05) is 7.05 Å². The highest BCUT2D eigenvalue weighted by molar-refractivity contribution is 7.99. The largest absolute Gasteiger partial charge is 0.469 e. The van der Waals surface area contributed by atoms with Crippen molar-refractivity contribution in [2.24, 2.45) is 13.0 Å². The van der Waals surface area contributed by atoms with Crippen LogP contribution in [0, 0.1) is 5.92 Å². The summed E-state index contributed by atoms with van der Waals surface area (Å²) >= 11 is 1.75. The zero-order valence-corrected chi connectivity index (χ0v) is 11.2. The lowest BCUT2D eigenvalue weighted by Gasteiger charge is -2.09. The molecule has 6 nitrogen and oxygen atoms in total. The molecule has 7 heteroatoms. The van der Waals surface area contributed by atoms with E-state index in [9.17, 15) is 4.79 Å². The van der Waals surface area contributed by atoms with Gasteiger partial charge in [-0.1, -0.05) is 6.92 Å². The molecule has 1 rings (SSSR count). The molecule has 1 aromatic rings. The number of aryl methyl sites for hydroxylation is 1. The predicted molar refractivity (Wildman–Crippen MR) is 65.6 cm³/mol. The van der Waals surface area contributed by atoms with Crippen LogP contribution >= 0.6 is 11.8 Å². The summed E-state index contributed by atoms with van der Waals surface area (Å²) in [4.78, 5) is 10.9. The molecule has 0 aliphatic rings. The molecule has 1 aromatic heterocycles. The topological polar surface area (TPSA) is 69.9 Å². The lowest BCUT2D eigenvalue weighted by Crippen LogP contribution is -2.09. The maximum atomic E-state index is 10.9. The fourth-order valence-corrected chi connectivity index (χ4v) is 2.33. The molecule has 0 aliphatic heterocycles. The maximum absolute atomic E-state index is 10.9. The second kappa shape index (κ2) is 7.26. The summed E-state index contributed by atoms with van der Waals surface area (Å²) < 4.78 is 6.27. The molecule has 0 fully saturated rings. The van der Waals surface area contributed by atoms with Crippen molar-refractivity contribution >= 4 is 17.7 Å². The number of esters is 1. The molecule has 0 aromatic carbocycles. The Labute approximate surface area is 105 Å². The first-order valence-corrected chi connectivity index (χ1v) is 6.64. The van der Waals surface area contributed by atoms with Crippen molar-refractivity contribution in [3.8, 4) is 0 Å². The van der Waals surface area contributed by atoms with Crippen LogP contribution in [0.1, 0.15) is 19.2 Å². The van der Waals surface area contributed by atoms with Crippen molar-refractivity contribution in [1.29, 1.82) is 0 Å². The van der Waals surface area contributed by atoms with Crippen molar-refractivity contribution in [1.82, 2.24) is 20.2 Å². The van der Waals surface area contributed by atoms with Crippen LogP contribution in [0.5, 0.6) is 0 Å². The first-order valence-electron chi connectivity index (χ1n) is 5.49. The quantitative estimate of drug-likeness (QED) is 0.529. The number of hydrogen-bond donors (Lipinski definition) is 0. The van der Waals surface area contributed by atoms with Gasteiger partial charge in [0.25, 0.3) is 0 Å². The van der Waals surface area contributed by atoms with Crippen molar-refractivity contribution < 1.29 is 9.53 Å². The van der Waals surface area contributed by atoms with Gasteiger partial charge in [-0.25, -0.2) is 4.68 Å². The van der Waals surface area contributed by atoms with Crippen LogP contribution < -0.4 is 0 Å². The average molecular weight is 258 g/mol. The third-order valence-electron chi connectivity index (χ3n) is 2.32. The Morgan fingerprint density at radius 3 is 2.94 bits per heavy atom. The number of ether oxygens (including phenoxy) is 1. The molecule has 0 bridgehead atoms. The van der Waals surface area contributed by atoms with E-state index in [4.69, 9.17) is 0 Å². The molecule has 17 heavy (non-hydrogen) atoms. The lowest BCUT2D eigenvalue weighted by atomic mass is 10.1. The van der Waals surface area contributed by atoms with Crippen LogP contribution in [0.3, 0.4) is 0 Å². The molecular weight excluding hydrogens is 240 g/mol. The lowest BCUT2D eigenvalue weighted by molar-refractivity contribution is -0.140. The minimum atomic E-state index is -0.150. The molecule has 0 saturated heterocycles. The molecule has 0 radical (unpaired) electrons. The first kappa shape index (κ1) is 14.0. The van der Waals surface area contributed by atoms with E-state index in [1.54, 1.807) is 16.4 Å². The van der Waals surface area contributed by atoms with Crippen LogP contribution in [0.15, 0.2) is 0 Å². The van der Waals surface area contributed by atoms with Gasteiger partial charge in [-0.3, -0.25) is 4.79 Å². The average Bonchev–Trinajstić information content (AvgIpc) is 2.70. The summed E-state index contributed by atoms with van der Waals surface area (Å²) in [6, 6.07) is 0. The van der Waals surface area contributed by atoms with E-state index in [1.165, 1.54) is 7.11 Å². The van der Waals surface area contributed by atoms with Gasteiger partial charge in [0.1, 0.15) is 0 Å². The van der Waals surface area contributed by atoms with Gasteiger partial charge < -0.3 is 4.74 Å². The fraction of sp³-hybridized carbons (Fsp3) is 0.800. The number of carbonyl (C=O) groups is 1. The van der Waals surface area contributed by atoms with Crippen LogP contribution in [0.4, 0.5) is 0 Å². The maximum Gasteiger partial charge on any atom is 0.306 e. The number of methoxy groups -OCH3 is 1. The summed E-state index contributed by atoms with van der Waals surface area (Å²) in [5.41, 5.74) is 0. The minimum absolute atomic E-state index is 0.150. The SMILES string of the molecule is COC(=O)CCSCC(C)Cc1nnnn1C. The van der Waals surface area contributed by atoms with Gasteiger partial charge in [0.2, 0.25) is 0 Å².